The van der Waals surface area contributed by atoms with Gasteiger partial charge in [-0.3, -0.25) is 9.69 Å². The Morgan fingerprint density at radius 1 is 1.22 bits per heavy atom. The van der Waals surface area contributed by atoms with Crippen molar-refractivity contribution in [3.63, 3.8) is 0 Å². The van der Waals surface area contributed by atoms with Crippen LogP contribution in [0.2, 0.25) is 0 Å². The quantitative estimate of drug-likeness (QED) is 0.756. The van der Waals surface area contributed by atoms with Gasteiger partial charge in [0.1, 0.15) is 5.60 Å². The number of hydrogen-bond acceptors (Lipinski definition) is 5. The fourth-order valence-electron chi connectivity index (χ4n) is 2.98. The highest BCUT2D eigenvalue weighted by molar-refractivity contribution is 5.87. The number of carbonyl (C=O) groups excluding carboxylic acids is 2. The molecule has 2 aliphatic rings. The van der Waals surface area contributed by atoms with Gasteiger partial charge < -0.3 is 19.6 Å². The maximum Gasteiger partial charge on any atom is 0.410 e. The first-order valence-corrected chi connectivity index (χ1v) is 8.01. The van der Waals surface area contributed by atoms with Crippen LogP contribution >= 0.6 is 0 Å². The fraction of sp³-hybridized carbons (Fsp3) is 0.750. The topological polar surface area (TPSA) is 73.3 Å². The van der Waals surface area contributed by atoms with Crippen LogP contribution in [0.15, 0.2) is 12.7 Å². The zero-order chi connectivity index (χ0) is 17.2. The number of ether oxygens (including phenoxy) is 1. The predicted molar refractivity (Wildman–Crippen MR) is 86.0 cm³/mol. The summed E-state index contributed by atoms with van der Waals surface area (Å²) < 4.78 is 5.39. The summed E-state index contributed by atoms with van der Waals surface area (Å²) in [6.45, 7) is 12.0. The Labute approximate surface area is 137 Å². The average Bonchev–Trinajstić information content (AvgIpc) is 2.43. The van der Waals surface area contributed by atoms with Crippen molar-refractivity contribution in [2.24, 2.45) is 0 Å². The van der Waals surface area contributed by atoms with Gasteiger partial charge >= 0.3 is 6.09 Å². The molecule has 2 aliphatic heterocycles. The van der Waals surface area contributed by atoms with Crippen molar-refractivity contribution in [3.8, 4) is 0 Å². The smallest absolute Gasteiger partial charge is 0.410 e. The molecule has 0 aromatic heterocycles. The molecule has 0 saturated carbocycles. The number of carbonyl (C=O) groups is 2. The van der Waals surface area contributed by atoms with E-state index in [9.17, 15) is 14.7 Å². The van der Waals surface area contributed by atoms with Gasteiger partial charge in [0.25, 0.3) is 0 Å². The van der Waals surface area contributed by atoms with Gasteiger partial charge in [0.15, 0.2) is 0 Å². The summed E-state index contributed by atoms with van der Waals surface area (Å²) in [6.07, 6.45) is 0.980. The van der Waals surface area contributed by atoms with E-state index in [0.717, 1.165) is 0 Å². The van der Waals surface area contributed by atoms with E-state index in [1.165, 1.54) is 6.08 Å². The number of piperazine rings is 1. The molecule has 7 heteroatoms. The van der Waals surface area contributed by atoms with Crippen molar-refractivity contribution in [2.45, 2.75) is 38.5 Å². The minimum absolute atomic E-state index is 0.0226. The summed E-state index contributed by atoms with van der Waals surface area (Å²) in [5.74, 6) is -0.0609. The molecule has 1 unspecified atom stereocenters. The predicted octanol–water partition coefficient (Wildman–Crippen LogP) is 0.297. The maximum atomic E-state index is 12.2. The maximum absolute atomic E-state index is 12.2. The molecule has 0 aromatic rings. The number of likely N-dealkylation sites (tertiary alicyclic amines) is 1. The zero-order valence-electron chi connectivity index (χ0n) is 14.2. The summed E-state index contributed by atoms with van der Waals surface area (Å²) >= 11 is 0. The standard InChI is InChI=1S/C16H27N3O4/c1-5-14(21)18-8-12(9-18)19-7-6-17(10-13(19)11-20)15(22)23-16(2,3)4/h5,12-13,20H,1,6-11H2,2-4H3. The summed E-state index contributed by atoms with van der Waals surface area (Å²) in [5, 5.41) is 9.67. The molecule has 1 N–H and O–H groups in total. The SMILES string of the molecule is C=CC(=O)N1CC(N2CCN(C(=O)OC(C)(C)C)CC2CO)C1. The lowest BCUT2D eigenvalue weighted by molar-refractivity contribution is -0.135. The van der Waals surface area contributed by atoms with Crippen molar-refractivity contribution in [1.82, 2.24) is 14.7 Å². The molecule has 1 atom stereocenters. The van der Waals surface area contributed by atoms with E-state index in [4.69, 9.17) is 4.74 Å². The zero-order valence-corrected chi connectivity index (χ0v) is 14.2. The molecule has 2 fully saturated rings. The Morgan fingerprint density at radius 3 is 2.39 bits per heavy atom. The van der Waals surface area contributed by atoms with Gasteiger partial charge in [0, 0.05) is 38.8 Å². The van der Waals surface area contributed by atoms with E-state index in [0.29, 0.717) is 32.7 Å². The van der Waals surface area contributed by atoms with Gasteiger partial charge in [-0.2, -0.15) is 0 Å². The van der Waals surface area contributed by atoms with Crippen LogP contribution in [0.4, 0.5) is 4.79 Å². The second kappa shape index (κ2) is 6.88. The third-order valence-corrected chi connectivity index (χ3v) is 4.21. The summed E-state index contributed by atoms with van der Waals surface area (Å²) in [5.41, 5.74) is -0.525. The van der Waals surface area contributed by atoms with Gasteiger partial charge in [-0.25, -0.2) is 4.79 Å². The van der Waals surface area contributed by atoms with Gasteiger partial charge in [-0.05, 0) is 26.8 Å². The molecular formula is C16H27N3O4. The van der Waals surface area contributed by atoms with Crippen LogP contribution in [0, 0.1) is 0 Å². The van der Waals surface area contributed by atoms with Crippen LogP contribution < -0.4 is 0 Å². The molecule has 0 spiro atoms. The highest BCUT2D eigenvalue weighted by atomic mass is 16.6. The van der Waals surface area contributed by atoms with Crippen molar-refractivity contribution in [2.75, 3.05) is 39.3 Å². The van der Waals surface area contributed by atoms with Crippen molar-refractivity contribution in [3.05, 3.63) is 12.7 Å². The molecule has 130 valence electrons. The van der Waals surface area contributed by atoms with Crippen LogP contribution in [0.1, 0.15) is 20.8 Å². The van der Waals surface area contributed by atoms with E-state index in [1.807, 2.05) is 20.8 Å². The van der Waals surface area contributed by atoms with E-state index in [1.54, 1.807) is 9.80 Å². The second-order valence-corrected chi connectivity index (χ2v) is 7.10. The molecule has 2 amide bonds. The van der Waals surface area contributed by atoms with E-state index in [2.05, 4.69) is 11.5 Å². The molecular weight excluding hydrogens is 298 g/mol. The van der Waals surface area contributed by atoms with Gasteiger partial charge in [-0.1, -0.05) is 6.58 Å². The van der Waals surface area contributed by atoms with E-state index < -0.39 is 5.60 Å². The van der Waals surface area contributed by atoms with Gasteiger partial charge in [0.05, 0.1) is 12.6 Å². The summed E-state index contributed by atoms with van der Waals surface area (Å²) in [6, 6.07) is 0.110. The van der Waals surface area contributed by atoms with Crippen LogP contribution in [0.5, 0.6) is 0 Å². The number of rotatable bonds is 3. The van der Waals surface area contributed by atoms with Crippen molar-refractivity contribution in [1.29, 1.82) is 0 Å². The fourth-order valence-corrected chi connectivity index (χ4v) is 2.98. The number of aliphatic hydroxyl groups excluding tert-OH is 1. The molecule has 7 nitrogen and oxygen atoms in total. The Bertz CT molecular complexity index is 468. The molecule has 2 saturated heterocycles. The van der Waals surface area contributed by atoms with Crippen molar-refractivity contribution < 1.29 is 19.4 Å². The van der Waals surface area contributed by atoms with Crippen LogP contribution in [-0.2, 0) is 9.53 Å². The third kappa shape index (κ3) is 4.23. The Morgan fingerprint density at radius 2 is 1.87 bits per heavy atom. The molecule has 2 rings (SSSR count). The first kappa shape index (κ1) is 17.7. The first-order chi connectivity index (χ1) is 10.7. The number of nitrogens with zero attached hydrogens (tertiary/aromatic N) is 3. The van der Waals surface area contributed by atoms with E-state index >= 15 is 0 Å². The van der Waals surface area contributed by atoms with Crippen LogP contribution in [-0.4, -0.2) is 88.8 Å². The van der Waals surface area contributed by atoms with Crippen LogP contribution in [0.25, 0.3) is 0 Å². The third-order valence-electron chi connectivity index (χ3n) is 4.21. The first-order valence-electron chi connectivity index (χ1n) is 8.01. The lowest BCUT2D eigenvalue weighted by Crippen LogP contribution is -2.68. The summed E-state index contributed by atoms with van der Waals surface area (Å²) in [4.78, 5) is 29.2. The monoisotopic (exact) mass is 325 g/mol. The Balaban J connectivity index is 1.89. The largest absolute Gasteiger partial charge is 0.444 e. The lowest BCUT2D eigenvalue weighted by Gasteiger charge is -2.51. The molecule has 0 aliphatic carbocycles. The molecule has 0 radical (unpaired) electrons. The molecule has 0 aromatic carbocycles. The highest BCUT2D eigenvalue weighted by Gasteiger charge is 2.40. The van der Waals surface area contributed by atoms with Crippen LogP contribution in [0.3, 0.4) is 0 Å². The van der Waals surface area contributed by atoms with Gasteiger partial charge in [0.2, 0.25) is 5.91 Å². The highest BCUT2D eigenvalue weighted by Crippen LogP contribution is 2.22. The Kier molecular flexibility index (Phi) is 5.31. The molecule has 0 bridgehead atoms. The number of hydrogen-bond donors (Lipinski definition) is 1. The number of aliphatic hydroxyl groups is 1. The van der Waals surface area contributed by atoms with Gasteiger partial charge in [-0.15, -0.1) is 0 Å². The van der Waals surface area contributed by atoms with Crippen molar-refractivity contribution >= 4 is 12.0 Å². The second-order valence-electron chi connectivity index (χ2n) is 7.10. The van der Waals surface area contributed by atoms with E-state index in [-0.39, 0.29) is 30.7 Å². The molecule has 2 heterocycles. The minimum Gasteiger partial charge on any atom is -0.444 e. The Hall–Kier alpha value is -1.60. The molecule has 23 heavy (non-hydrogen) atoms. The lowest BCUT2D eigenvalue weighted by atomic mass is 10.0. The summed E-state index contributed by atoms with van der Waals surface area (Å²) in [7, 11) is 0. The minimum atomic E-state index is -0.525. The normalized spacial score (nSPS) is 23.4. The number of amides is 2. The average molecular weight is 325 g/mol.